The lowest BCUT2D eigenvalue weighted by molar-refractivity contribution is -0.128. The van der Waals surface area contributed by atoms with E-state index in [0.717, 1.165) is 29.9 Å². The molecule has 1 unspecified atom stereocenters. The van der Waals surface area contributed by atoms with Gasteiger partial charge < -0.3 is 9.64 Å². The van der Waals surface area contributed by atoms with Gasteiger partial charge in [0.2, 0.25) is 5.91 Å². The highest BCUT2D eigenvalue weighted by molar-refractivity contribution is 7.10. The largest absolute Gasteiger partial charge is 0.376 e. The van der Waals surface area contributed by atoms with Gasteiger partial charge in [0.05, 0.1) is 6.10 Å². The van der Waals surface area contributed by atoms with Gasteiger partial charge in [0.1, 0.15) is 0 Å². The maximum atomic E-state index is 12.7. The number of ether oxygens (including phenoxy) is 1. The Morgan fingerprint density at radius 1 is 1.33 bits per heavy atom. The van der Waals surface area contributed by atoms with Crippen LogP contribution >= 0.6 is 22.9 Å². The fourth-order valence-electron chi connectivity index (χ4n) is 2.72. The molecule has 3 rings (SSSR count). The minimum absolute atomic E-state index is 0.00819. The summed E-state index contributed by atoms with van der Waals surface area (Å²) in [7, 11) is 0. The van der Waals surface area contributed by atoms with Crippen molar-refractivity contribution in [3.63, 3.8) is 0 Å². The van der Waals surface area contributed by atoms with Crippen LogP contribution in [0.5, 0.6) is 0 Å². The number of nitrogens with zero attached hydrogens (tertiary/aromatic N) is 1. The van der Waals surface area contributed by atoms with Gasteiger partial charge in [-0.3, -0.25) is 4.79 Å². The Kier molecular flexibility index (Phi) is 6.07. The Labute approximate surface area is 151 Å². The Morgan fingerprint density at radius 2 is 2.17 bits per heavy atom. The van der Waals surface area contributed by atoms with Crippen LogP contribution in [0.25, 0.3) is 6.08 Å². The second kappa shape index (κ2) is 8.47. The summed E-state index contributed by atoms with van der Waals surface area (Å²) in [6.45, 7) is 1.97. The summed E-state index contributed by atoms with van der Waals surface area (Å²) in [6, 6.07) is 11.6. The first-order chi connectivity index (χ1) is 11.7. The second-order valence-corrected chi connectivity index (χ2v) is 7.24. The Balaban J connectivity index is 1.70. The van der Waals surface area contributed by atoms with Crippen molar-refractivity contribution in [2.24, 2.45) is 0 Å². The zero-order valence-electron chi connectivity index (χ0n) is 13.4. The van der Waals surface area contributed by atoms with E-state index in [0.29, 0.717) is 18.1 Å². The molecule has 1 atom stereocenters. The van der Waals surface area contributed by atoms with E-state index < -0.39 is 0 Å². The molecule has 2 heterocycles. The third-order valence-electron chi connectivity index (χ3n) is 3.98. The van der Waals surface area contributed by atoms with Gasteiger partial charge in [0, 0.05) is 35.7 Å². The van der Waals surface area contributed by atoms with Gasteiger partial charge in [0.15, 0.2) is 0 Å². The van der Waals surface area contributed by atoms with Gasteiger partial charge in [0.25, 0.3) is 0 Å². The van der Waals surface area contributed by atoms with Crippen LogP contribution in [0.4, 0.5) is 0 Å². The molecule has 1 saturated heterocycles. The van der Waals surface area contributed by atoms with Crippen LogP contribution in [-0.4, -0.2) is 30.1 Å². The van der Waals surface area contributed by atoms with Crippen LogP contribution in [0.2, 0.25) is 5.02 Å². The number of halogens is 1. The maximum Gasteiger partial charge on any atom is 0.246 e. The fourth-order valence-corrected chi connectivity index (χ4v) is 3.47. The molecule has 2 aromatic rings. The van der Waals surface area contributed by atoms with Gasteiger partial charge in [-0.2, -0.15) is 0 Å². The highest BCUT2D eigenvalue weighted by Gasteiger charge is 2.21. The van der Waals surface area contributed by atoms with Crippen LogP contribution in [0.15, 0.2) is 47.9 Å². The van der Waals surface area contributed by atoms with E-state index in [4.69, 9.17) is 16.3 Å². The molecule has 0 N–H and O–H groups in total. The molecule has 5 heteroatoms. The molecule has 1 aromatic heterocycles. The Bertz CT molecular complexity index is 676. The summed E-state index contributed by atoms with van der Waals surface area (Å²) in [5, 5.41) is 2.70. The topological polar surface area (TPSA) is 29.5 Å². The van der Waals surface area contributed by atoms with Gasteiger partial charge in [-0.05, 0) is 48.1 Å². The summed E-state index contributed by atoms with van der Waals surface area (Å²) in [4.78, 5) is 15.6. The molecule has 3 nitrogen and oxygen atoms in total. The molecule has 126 valence electrons. The van der Waals surface area contributed by atoms with Gasteiger partial charge in [-0.25, -0.2) is 0 Å². The molecule has 1 fully saturated rings. The number of hydrogen-bond donors (Lipinski definition) is 0. The van der Waals surface area contributed by atoms with Crippen molar-refractivity contribution in [2.75, 3.05) is 13.2 Å². The molecule has 1 aliphatic heterocycles. The van der Waals surface area contributed by atoms with Crippen molar-refractivity contribution in [3.8, 4) is 0 Å². The molecule has 0 radical (unpaired) electrons. The standard InChI is InChI=1S/C19H20ClNO2S/c20-16-7-5-15(6-8-16)13-21(14-17-3-1-11-23-17)19(22)10-9-18-4-2-12-24-18/h2,4-10,12,17H,1,3,11,13-14H2. The van der Waals surface area contributed by atoms with E-state index in [9.17, 15) is 4.79 Å². The summed E-state index contributed by atoms with van der Waals surface area (Å²) in [5.41, 5.74) is 1.07. The zero-order valence-corrected chi connectivity index (χ0v) is 14.9. The van der Waals surface area contributed by atoms with Crippen molar-refractivity contribution in [1.29, 1.82) is 0 Å². The van der Waals surface area contributed by atoms with E-state index in [1.807, 2.05) is 52.8 Å². The molecule has 0 aliphatic carbocycles. The summed E-state index contributed by atoms with van der Waals surface area (Å²) >= 11 is 7.56. The molecule has 1 aromatic carbocycles. The molecule has 0 bridgehead atoms. The number of carbonyl (C=O) groups is 1. The number of carbonyl (C=O) groups excluding carboxylic acids is 1. The predicted molar refractivity (Wildman–Crippen MR) is 99.2 cm³/mol. The van der Waals surface area contributed by atoms with Crippen molar-refractivity contribution in [1.82, 2.24) is 4.90 Å². The zero-order chi connectivity index (χ0) is 16.8. The van der Waals surface area contributed by atoms with Gasteiger partial charge in [-0.1, -0.05) is 29.8 Å². The van der Waals surface area contributed by atoms with Crippen LogP contribution in [-0.2, 0) is 16.1 Å². The highest BCUT2D eigenvalue weighted by atomic mass is 35.5. The van der Waals surface area contributed by atoms with Crippen LogP contribution in [0.3, 0.4) is 0 Å². The van der Waals surface area contributed by atoms with Crippen LogP contribution in [0.1, 0.15) is 23.3 Å². The Morgan fingerprint density at radius 3 is 2.83 bits per heavy atom. The average Bonchev–Trinajstić information content (AvgIpc) is 3.27. The summed E-state index contributed by atoms with van der Waals surface area (Å²) < 4.78 is 5.70. The van der Waals surface area contributed by atoms with Gasteiger partial charge in [-0.15, -0.1) is 11.3 Å². The molecule has 1 aliphatic rings. The van der Waals surface area contributed by atoms with Gasteiger partial charge >= 0.3 is 0 Å². The number of benzene rings is 1. The molecule has 0 saturated carbocycles. The second-order valence-electron chi connectivity index (χ2n) is 5.83. The van der Waals surface area contributed by atoms with Crippen molar-refractivity contribution >= 4 is 34.9 Å². The lowest BCUT2D eigenvalue weighted by Gasteiger charge is -2.24. The maximum absolute atomic E-state index is 12.7. The summed E-state index contributed by atoms with van der Waals surface area (Å²) in [6.07, 6.45) is 5.74. The summed E-state index contributed by atoms with van der Waals surface area (Å²) in [5.74, 6) is 0.00819. The Hall–Kier alpha value is -1.62. The van der Waals surface area contributed by atoms with Crippen molar-refractivity contribution < 1.29 is 9.53 Å². The van der Waals surface area contributed by atoms with E-state index in [-0.39, 0.29) is 12.0 Å². The monoisotopic (exact) mass is 361 g/mol. The first-order valence-electron chi connectivity index (χ1n) is 8.07. The first kappa shape index (κ1) is 17.2. The number of amides is 1. The minimum atomic E-state index is 0.00819. The predicted octanol–water partition coefficient (Wildman–Crippen LogP) is 4.62. The highest BCUT2D eigenvalue weighted by Crippen LogP contribution is 2.17. The third kappa shape index (κ3) is 4.94. The van der Waals surface area contributed by atoms with Crippen LogP contribution in [0, 0.1) is 0 Å². The lowest BCUT2D eigenvalue weighted by Crippen LogP contribution is -2.35. The van der Waals surface area contributed by atoms with Crippen molar-refractivity contribution in [2.45, 2.75) is 25.5 Å². The number of thiophene rings is 1. The number of hydrogen-bond acceptors (Lipinski definition) is 3. The fraction of sp³-hybridized carbons (Fsp3) is 0.316. The number of rotatable bonds is 6. The molecular formula is C19H20ClNO2S. The van der Waals surface area contributed by atoms with Crippen molar-refractivity contribution in [3.05, 3.63) is 63.3 Å². The normalized spacial score (nSPS) is 17.5. The van der Waals surface area contributed by atoms with E-state index in [1.54, 1.807) is 17.4 Å². The molecule has 1 amide bonds. The van der Waals surface area contributed by atoms with E-state index >= 15 is 0 Å². The SMILES string of the molecule is O=C(C=Cc1cccs1)N(Cc1ccc(Cl)cc1)CC1CCCO1. The molecule has 0 spiro atoms. The smallest absolute Gasteiger partial charge is 0.246 e. The quantitative estimate of drug-likeness (QED) is 0.702. The average molecular weight is 362 g/mol. The molecule has 24 heavy (non-hydrogen) atoms. The lowest BCUT2D eigenvalue weighted by atomic mass is 10.1. The van der Waals surface area contributed by atoms with Crippen LogP contribution < -0.4 is 0 Å². The van der Waals surface area contributed by atoms with E-state index in [1.165, 1.54) is 0 Å². The third-order valence-corrected chi connectivity index (χ3v) is 5.07. The first-order valence-corrected chi connectivity index (χ1v) is 9.33. The van der Waals surface area contributed by atoms with E-state index in [2.05, 4.69) is 0 Å². The molecular weight excluding hydrogens is 342 g/mol. The minimum Gasteiger partial charge on any atom is -0.376 e.